The first kappa shape index (κ1) is 16.8. The number of nitrogens with one attached hydrogen (secondary N) is 2. The summed E-state index contributed by atoms with van der Waals surface area (Å²) in [7, 11) is 0. The molecule has 2 N–H and O–H groups in total. The minimum atomic E-state index is 0.627. The van der Waals surface area contributed by atoms with E-state index in [4.69, 9.17) is 9.97 Å². The quantitative estimate of drug-likeness (QED) is 0.365. The Hall–Kier alpha value is -3.30. The van der Waals surface area contributed by atoms with Gasteiger partial charge >= 0.3 is 0 Å². The van der Waals surface area contributed by atoms with Gasteiger partial charge in [-0.1, -0.05) is 0 Å². The Labute approximate surface area is 161 Å². The number of imidazole rings is 2. The van der Waals surface area contributed by atoms with Crippen molar-refractivity contribution in [2.24, 2.45) is 0 Å². The van der Waals surface area contributed by atoms with Crippen molar-refractivity contribution in [1.29, 1.82) is 0 Å². The molecule has 10 nitrogen and oxygen atoms in total. The molecule has 0 saturated heterocycles. The van der Waals surface area contributed by atoms with Crippen molar-refractivity contribution in [3.8, 4) is 0 Å². The van der Waals surface area contributed by atoms with E-state index in [9.17, 15) is 0 Å². The van der Waals surface area contributed by atoms with Crippen LogP contribution in [0.5, 0.6) is 0 Å². The van der Waals surface area contributed by atoms with Gasteiger partial charge in [0.25, 0.3) is 0 Å². The van der Waals surface area contributed by atoms with Crippen LogP contribution in [-0.2, 0) is 26.2 Å². The molecule has 4 aromatic heterocycles. The van der Waals surface area contributed by atoms with Gasteiger partial charge in [0.2, 0.25) is 12.7 Å². The van der Waals surface area contributed by atoms with Crippen LogP contribution < -0.4 is 9.13 Å². The van der Waals surface area contributed by atoms with Crippen LogP contribution in [0, 0.1) is 27.7 Å². The Balaban J connectivity index is 1.61. The number of nitrogens with zero attached hydrogens (tertiary/aromatic N) is 8. The van der Waals surface area contributed by atoms with Gasteiger partial charge in [0.1, 0.15) is 35.9 Å². The molecule has 5 heterocycles. The lowest BCUT2D eigenvalue weighted by Crippen LogP contribution is -2.36. The zero-order chi connectivity index (χ0) is 19.4. The van der Waals surface area contributed by atoms with Gasteiger partial charge < -0.3 is 0 Å². The van der Waals surface area contributed by atoms with Gasteiger partial charge in [-0.15, -0.1) is 0 Å². The van der Waals surface area contributed by atoms with Crippen LogP contribution in [0.4, 0.5) is 0 Å². The van der Waals surface area contributed by atoms with Crippen LogP contribution in [0.3, 0.4) is 0 Å². The maximum absolute atomic E-state index is 4.70. The van der Waals surface area contributed by atoms with Crippen molar-refractivity contribution in [3.05, 3.63) is 58.7 Å². The largest absolute Gasteiger partial charge is 0.260 e. The van der Waals surface area contributed by atoms with Gasteiger partial charge in [-0.2, -0.15) is 10.2 Å². The number of aromatic nitrogens is 10. The Kier molecular flexibility index (Phi) is 3.68. The lowest BCUT2D eigenvalue weighted by molar-refractivity contribution is -0.695. The average Bonchev–Trinajstić information content (AvgIpc) is 3.41. The maximum atomic E-state index is 4.70. The van der Waals surface area contributed by atoms with Crippen LogP contribution in [-0.4, -0.2) is 39.5 Å². The third kappa shape index (κ3) is 2.72. The Morgan fingerprint density at radius 2 is 1.32 bits per heavy atom. The van der Waals surface area contributed by atoms with E-state index in [0.29, 0.717) is 26.2 Å². The summed E-state index contributed by atoms with van der Waals surface area (Å²) in [5.74, 6) is 3.26. The van der Waals surface area contributed by atoms with Crippen LogP contribution in [0.2, 0.25) is 0 Å². The summed E-state index contributed by atoms with van der Waals surface area (Å²) < 4.78 is 8.70. The Morgan fingerprint density at radius 3 is 2.07 bits per heavy atom. The molecule has 10 heteroatoms. The summed E-state index contributed by atoms with van der Waals surface area (Å²) in [5.41, 5.74) is 4.75. The molecule has 5 rings (SSSR count). The molecule has 8 bridgehead atoms. The topological polar surface area (TPSA) is 101 Å². The highest BCUT2D eigenvalue weighted by Crippen LogP contribution is 2.10. The normalized spacial score (nSPS) is 13.9. The highest BCUT2D eigenvalue weighted by molar-refractivity contribution is 5.07. The smallest absolute Gasteiger partial charge is 0.244 e. The number of rotatable bonds is 0. The first-order chi connectivity index (χ1) is 13.5. The summed E-state index contributed by atoms with van der Waals surface area (Å²) >= 11 is 0. The minimum Gasteiger partial charge on any atom is -0.260 e. The number of H-pyrrole nitrogens is 2. The van der Waals surface area contributed by atoms with Crippen LogP contribution >= 0.6 is 0 Å². The average molecular weight is 380 g/mol. The molecule has 0 aliphatic carbocycles. The van der Waals surface area contributed by atoms with Crippen LogP contribution in [0.1, 0.15) is 46.1 Å². The lowest BCUT2D eigenvalue weighted by atomic mass is 10.3. The van der Waals surface area contributed by atoms with Crippen LogP contribution in [0.15, 0.2) is 12.7 Å². The van der Waals surface area contributed by atoms with E-state index in [0.717, 1.165) is 23.3 Å². The molecule has 0 unspecified atom stereocenters. The predicted molar refractivity (Wildman–Crippen MR) is 97.4 cm³/mol. The molecule has 0 radical (unpaired) electrons. The van der Waals surface area contributed by atoms with Crippen molar-refractivity contribution < 1.29 is 9.13 Å². The summed E-state index contributed by atoms with van der Waals surface area (Å²) in [6.45, 7) is 11.0. The molecule has 1 aliphatic heterocycles. The first-order valence-corrected chi connectivity index (χ1v) is 9.40. The molecule has 28 heavy (non-hydrogen) atoms. The van der Waals surface area contributed by atoms with Crippen molar-refractivity contribution in [2.75, 3.05) is 0 Å². The molecule has 0 amide bonds. The van der Waals surface area contributed by atoms with E-state index in [1.165, 1.54) is 22.8 Å². The summed E-state index contributed by atoms with van der Waals surface area (Å²) in [6, 6.07) is 0. The monoisotopic (exact) mass is 380 g/mol. The standard InChI is InChI=1S/C18H24N10/c1-11-12(2)26-6-16-20-18(24-22-16)8-28-10-27(13(3)14(28)4)7-17-19-15(21-23-17)5-25(11)9-26/h9-10H,5-8H2,1-4H3,(H,19,21,23)(H,20,22,24)/q+2. The van der Waals surface area contributed by atoms with Gasteiger partial charge in [0.05, 0.1) is 0 Å². The molecule has 0 spiro atoms. The molecule has 0 saturated carbocycles. The fourth-order valence-corrected chi connectivity index (χ4v) is 3.73. The second-order valence-corrected chi connectivity index (χ2v) is 7.48. The maximum Gasteiger partial charge on any atom is 0.244 e. The van der Waals surface area contributed by atoms with Gasteiger partial charge in [-0.3, -0.25) is 10.2 Å². The SMILES string of the molecule is Cc1c(C)[n+]2cn1Cc1nc(n[nH]1)Cn1c[n+](c(C)c1C)Cc1nc(n[nH]1)C2. The van der Waals surface area contributed by atoms with E-state index in [1.54, 1.807) is 0 Å². The van der Waals surface area contributed by atoms with Gasteiger partial charge in [0.15, 0.2) is 36.4 Å². The molecule has 0 atom stereocenters. The number of hydrogen-bond acceptors (Lipinski definition) is 4. The van der Waals surface area contributed by atoms with E-state index in [-0.39, 0.29) is 0 Å². The molecular weight excluding hydrogens is 356 g/mol. The first-order valence-electron chi connectivity index (χ1n) is 9.40. The van der Waals surface area contributed by atoms with Gasteiger partial charge in [0, 0.05) is 27.7 Å². The second-order valence-electron chi connectivity index (χ2n) is 7.48. The second kappa shape index (κ2) is 6.11. The molecule has 0 fully saturated rings. The zero-order valence-corrected chi connectivity index (χ0v) is 16.6. The van der Waals surface area contributed by atoms with Gasteiger partial charge in [-0.25, -0.2) is 28.2 Å². The minimum absolute atomic E-state index is 0.627. The molecule has 144 valence electrons. The van der Waals surface area contributed by atoms with Crippen LogP contribution in [0.25, 0.3) is 0 Å². The van der Waals surface area contributed by atoms with E-state index < -0.39 is 0 Å². The van der Waals surface area contributed by atoms with E-state index in [1.807, 2.05) is 0 Å². The van der Waals surface area contributed by atoms with Crippen molar-refractivity contribution in [1.82, 2.24) is 39.5 Å². The summed E-state index contributed by atoms with van der Waals surface area (Å²) in [4.78, 5) is 9.40. The highest BCUT2D eigenvalue weighted by atomic mass is 15.3. The third-order valence-electron chi connectivity index (χ3n) is 5.75. The highest BCUT2D eigenvalue weighted by Gasteiger charge is 2.23. The number of aromatic amines is 2. The van der Waals surface area contributed by atoms with Crippen molar-refractivity contribution >= 4 is 0 Å². The van der Waals surface area contributed by atoms with Crippen molar-refractivity contribution in [2.45, 2.75) is 53.9 Å². The summed E-state index contributed by atoms with van der Waals surface area (Å²) in [6.07, 6.45) is 4.18. The number of fused-ring (bicyclic) bond motifs is 8. The van der Waals surface area contributed by atoms with E-state index in [2.05, 4.69) is 79.0 Å². The third-order valence-corrected chi connectivity index (χ3v) is 5.75. The Morgan fingerprint density at radius 1 is 0.750 bits per heavy atom. The lowest BCUT2D eigenvalue weighted by Gasteiger charge is -1.95. The molecule has 4 aromatic rings. The predicted octanol–water partition coefficient (Wildman–Crippen LogP) is -0.159. The Bertz CT molecular complexity index is 997. The van der Waals surface area contributed by atoms with Gasteiger partial charge in [-0.05, 0) is 0 Å². The fraction of sp³-hybridized carbons (Fsp3) is 0.444. The molecule has 1 aliphatic rings. The van der Waals surface area contributed by atoms with E-state index >= 15 is 0 Å². The molecular formula is C18H24N10+2. The zero-order valence-electron chi connectivity index (χ0n) is 16.6. The fourth-order valence-electron chi connectivity index (χ4n) is 3.73. The number of hydrogen-bond donors (Lipinski definition) is 2. The van der Waals surface area contributed by atoms with Crippen molar-refractivity contribution in [3.63, 3.8) is 0 Å². The molecule has 0 aromatic carbocycles. The summed E-state index contributed by atoms with van der Waals surface area (Å²) in [5, 5.41) is 15.0.